The lowest BCUT2D eigenvalue weighted by atomic mass is 10.1. The molecule has 2 unspecified atom stereocenters. The lowest BCUT2D eigenvalue weighted by molar-refractivity contribution is -0.118. The standard InChI is InChI=1S/C25H22N4O4S.2ClH/c1-14(32-17-6-2-15(3-7-17)12-22-24(30)29-25(31)34-22)23-27-20-11-10-19(13-21(20)28-23)33-18-8-4-16(26)5-9-18;;/h2-11,13-14,22H,12,26H2,1H3,(H,27,28)(H,29,30,31);2*1H. The summed E-state index contributed by atoms with van der Waals surface area (Å²) in [5.41, 5.74) is 9.02. The summed E-state index contributed by atoms with van der Waals surface area (Å²) in [4.78, 5) is 31.0. The van der Waals surface area contributed by atoms with Crippen LogP contribution in [0.15, 0.2) is 66.7 Å². The van der Waals surface area contributed by atoms with E-state index in [1.807, 2.05) is 61.5 Å². The van der Waals surface area contributed by atoms with Gasteiger partial charge in [-0.05, 0) is 67.4 Å². The number of nitrogens with one attached hydrogen (secondary N) is 2. The molecule has 0 aliphatic carbocycles. The van der Waals surface area contributed by atoms with Crippen molar-refractivity contribution in [3.8, 4) is 17.2 Å². The van der Waals surface area contributed by atoms with Gasteiger partial charge in [0.25, 0.3) is 5.24 Å². The number of amides is 2. The highest BCUT2D eigenvalue weighted by Crippen LogP contribution is 2.28. The number of benzene rings is 3. The summed E-state index contributed by atoms with van der Waals surface area (Å²) < 4.78 is 12.0. The van der Waals surface area contributed by atoms with Crippen LogP contribution in [-0.2, 0) is 11.2 Å². The molecule has 2 atom stereocenters. The van der Waals surface area contributed by atoms with Gasteiger partial charge in [-0.25, -0.2) is 4.98 Å². The number of halogens is 2. The highest BCUT2D eigenvalue weighted by atomic mass is 35.5. The van der Waals surface area contributed by atoms with Crippen molar-refractivity contribution in [2.75, 3.05) is 5.73 Å². The largest absolute Gasteiger partial charge is 0.483 e. The van der Waals surface area contributed by atoms with Crippen LogP contribution in [0.5, 0.6) is 17.2 Å². The van der Waals surface area contributed by atoms with Gasteiger partial charge in [-0.1, -0.05) is 23.9 Å². The van der Waals surface area contributed by atoms with E-state index >= 15 is 0 Å². The number of anilines is 1. The molecule has 2 amide bonds. The number of fused-ring (bicyclic) bond motifs is 1. The number of aromatic nitrogens is 2. The Labute approximate surface area is 224 Å². The lowest BCUT2D eigenvalue weighted by Gasteiger charge is -2.13. The molecular formula is C25H24Cl2N4O4S. The zero-order chi connectivity index (χ0) is 23.7. The van der Waals surface area contributed by atoms with Gasteiger partial charge in [-0.2, -0.15) is 0 Å². The highest BCUT2D eigenvalue weighted by molar-refractivity contribution is 8.15. The van der Waals surface area contributed by atoms with E-state index in [9.17, 15) is 9.59 Å². The van der Waals surface area contributed by atoms with Crippen LogP contribution in [-0.4, -0.2) is 26.4 Å². The SMILES string of the molecule is CC(Oc1ccc(CC2SC(=O)NC2=O)cc1)c1nc2ccc(Oc3ccc(N)cc3)cc2[nH]1.Cl.Cl. The number of imidazole rings is 1. The second kappa shape index (κ2) is 11.6. The van der Waals surface area contributed by atoms with Crippen molar-refractivity contribution in [1.82, 2.24) is 15.3 Å². The molecule has 1 aliphatic heterocycles. The predicted molar refractivity (Wildman–Crippen MR) is 146 cm³/mol. The van der Waals surface area contributed by atoms with Crippen molar-refractivity contribution in [1.29, 1.82) is 0 Å². The Morgan fingerprint density at radius 2 is 1.64 bits per heavy atom. The third-order valence-corrected chi connectivity index (χ3v) is 6.38. The molecule has 0 bridgehead atoms. The summed E-state index contributed by atoms with van der Waals surface area (Å²) in [6.45, 7) is 1.92. The summed E-state index contributed by atoms with van der Waals surface area (Å²) in [7, 11) is 0. The molecule has 0 saturated carbocycles. The first-order chi connectivity index (χ1) is 16.4. The number of carbonyl (C=O) groups excluding carboxylic acids is 2. The number of nitrogens with zero attached hydrogens (tertiary/aromatic N) is 1. The molecule has 1 saturated heterocycles. The minimum absolute atomic E-state index is 0. The van der Waals surface area contributed by atoms with Crippen molar-refractivity contribution in [3.63, 3.8) is 0 Å². The Kier molecular flexibility index (Phi) is 8.73. The number of hydrogen-bond donors (Lipinski definition) is 3. The Morgan fingerprint density at radius 3 is 2.31 bits per heavy atom. The summed E-state index contributed by atoms with van der Waals surface area (Å²) in [5, 5.41) is 1.63. The van der Waals surface area contributed by atoms with Crippen LogP contribution < -0.4 is 20.5 Å². The van der Waals surface area contributed by atoms with Crippen molar-refractivity contribution >= 4 is 64.4 Å². The molecule has 2 heterocycles. The first-order valence-electron chi connectivity index (χ1n) is 10.7. The number of nitrogens with two attached hydrogens (primary N) is 1. The zero-order valence-corrected chi connectivity index (χ0v) is 21.5. The van der Waals surface area contributed by atoms with Gasteiger partial charge in [-0.15, -0.1) is 24.8 Å². The molecule has 1 aliphatic rings. The number of thioether (sulfide) groups is 1. The van der Waals surface area contributed by atoms with Gasteiger partial charge >= 0.3 is 0 Å². The van der Waals surface area contributed by atoms with Gasteiger partial charge in [0.05, 0.1) is 16.3 Å². The Morgan fingerprint density at radius 1 is 0.972 bits per heavy atom. The predicted octanol–water partition coefficient (Wildman–Crippen LogP) is 5.82. The monoisotopic (exact) mass is 546 g/mol. The number of imide groups is 1. The van der Waals surface area contributed by atoms with Crippen LogP contribution in [0, 0.1) is 0 Å². The molecular weight excluding hydrogens is 523 g/mol. The third kappa shape index (κ3) is 6.23. The van der Waals surface area contributed by atoms with Gasteiger partial charge in [0, 0.05) is 11.8 Å². The first-order valence-corrected chi connectivity index (χ1v) is 11.6. The van der Waals surface area contributed by atoms with Crippen LogP contribution in [0.25, 0.3) is 11.0 Å². The Balaban J connectivity index is 0.00000180. The molecule has 0 spiro atoms. The number of aromatic amines is 1. The molecule has 3 aromatic carbocycles. The van der Waals surface area contributed by atoms with E-state index in [-0.39, 0.29) is 47.3 Å². The molecule has 4 N–H and O–H groups in total. The van der Waals surface area contributed by atoms with Crippen molar-refractivity contribution < 1.29 is 19.1 Å². The molecule has 188 valence electrons. The van der Waals surface area contributed by atoms with E-state index in [2.05, 4.69) is 15.3 Å². The number of ether oxygens (including phenoxy) is 2. The summed E-state index contributed by atoms with van der Waals surface area (Å²) in [6.07, 6.45) is 0.177. The second-order valence-corrected chi connectivity index (χ2v) is 9.14. The summed E-state index contributed by atoms with van der Waals surface area (Å²) >= 11 is 1.03. The van der Waals surface area contributed by atoms with Crippen molar-refractivity contribution in [2.24, 2.45) is 0 Å². The van der Waals surface area contributed by atoms with Gasteiger partial charge in [0.2, 0.25) is 5.91 Å². The summed E-state index contributed by atoms with van der Waals surface area (Å²) in [6, 6.07) is 20.4. The Hall–Kier alpha value is -3.40. The number of nitrogen functional groups attached to an aromatic ring is 1. The fraction of sp³-hybridized carbons (Fsp3) is 0.160. The maximum absolute atomic E-state index is 11.8. The summed E-state index contributed by atoms with van der Waals surface area (Å²) in [5.74, 6) is 2.53. The van der Waals surface area contributed by atoms with Crippen molar-refractivity contribution in [3.05, 3.63) is 78.1 Å². The molecule has 4 aromatic rings. The molecule has 36 heavy (non-hydrogen) atoms. The van der Waals surface area contributed by atoms with E-state index < -0.39 is 0 Å². The number of hydrogen-bond acceptors (Lipinski definition) is 7. The van der Waals surface area contributed by atoms with Crippen LogP contribution in [0.3, 0.4) is 0 Å². The van der Waals surface area contributed by atoms with Gasteiger partial charge in [-0.3, -0.25) is 14.9 Å². The normalized spacial score (nSPS) is 15.5. The molecule has 5 rings (SSSR count). The van der Waals surface area contributed by atoms with Gasteiger partial charge < -0.3 is 20.2 Å². The maximum atomic E-state index is 11.8. The van der Waals surface area contributed by atoms with E-state index in [4.69, 9.17) is 15.2 Å². The van der Waals surface area contributed by atoms with Crippen LogP contribution >= 0.6 is 36.6 Å². The van der Waals surface area contributed by atoms with E-state index in [1.165, 1.54) is 0 Å². The quantitative estimate of drug-likeness (QED) is 0.250. The third-order valence-electron chi connectivity index (χ3n) is 5.40. The number of rotatable bonds is 7. The second-order valence-electron chi connectivity index (χ2n) is 7.96. The minimum atomic E-state index is -0.386. The molecule has 0 radical (unpaired) electrons. The van der Waals surface area contributed by atoms with E-state index in [0.29, 0.717) is 35.2 Å². The van der Waals surface area contributed by atoms with Crippen molar-refractivity contribution in [2.45, 2.75) is 24.7 Å². The Bertz CT molecular complexity index is 1360. The average Bonchev–Trinajstić information content (AvgIpc) is 3.38. The van der Waals surface area contributed by atoms with Crippen LogP contribution in [0.1, 0.15) is 24.4 Å². The molecule has 1 fully saturated rings. The average molecular weight is 547 g/mol. The molecule has 1 aromatic heterocycles. The molecule has 8 nitrogen and oxygen atoms in total. The fourth-order valence-electron chi connectivity index (χ4n) is 3.64. The smallest absolute Gasteiger partial charge is 0.286 e. The van der Waals surface area contributed by atoms with E-state index in [0.717, 1.165) is 28.4 Å². The van der Waals surface area contributed by atoms with Gasteiger partial charge in [0.15, 0.2) is 6.10 Å². The first kappa shape index (κ1) is 27.2. The molecule has 11 heteroatoms. The number of carbonyl (C=O) groups is 2. The maximum Gasteiger partial charge on any atom is 0.286 e. The van der Waals surface area contributed by atoms with Crippen LogP contribution in [0.2, 0.25) is 0 Å². The minimum Gasteiger partial charge on any atom is -0.483 e. The van der Waals surface area contributed by atoms with E-state index in [1.54, 1.807) is 12.1 Å². The topological polar surface area (TPSA) is 119 Å². The number of H-pyrrole nitrogens is 1. The lowest BCUT2D eigenvalue weighted by Crippen LogP contribution is -2.25. The van der Waals surface area contributed by atoms with Crippen LogP contribution in [0.4, 0.5) is 10.5 Å². The highest BCUT2D eigenvalue weighted by Gasteiger charge is 2.31. The zero-order valence-electron chi connectivity index (χ0n) is 19.1. The fourth-order valence-corrected chi connectivity index (χ4v) is 4.50. The van der Waals surface area contributed by atoms with Gasteiger partial charge in [0.1, 0.15) is 23.1 Å².